The van der Waals surface area contributed by atoms with Gasteiger partial charge in [-0.15, -0.1) is 0 Å². The van der Waals surface area contributed by atoms with Gasteiger partial charge in [0.1, 0.15) is 6.07 Å². The van der Waals surface area contributed by atoms with Gasteiger partial charge < -0.3 is 10.0 Å². The molecular weight excluding hydrogens is 309 g/mol. The molecule has 0 saturated heterocycles. The first-order valence-corrected chi connectivity index (χ1v) is 5.66. The summed E-state index contributed by atoms with van der Waals surface area (Å²) in [7, 11) is 2.78. The Morgan fingerprint density at radius 2 is 2.05 bits per heavy atom. The number of likely N-dealkylation sites (N-methyl/N-ethyl adjacent to an activating group) is 1. The molecule has 0 unspecified atom stereocenters. The summed E-state index contributed by atoms with van der Waals surface area (Å²) in [6.07, 6.45) is 0. The van der Waals surface area contributed by atoms with E-state index in [0.29, 0.717) is 0 Å². The monoisotopic (exact) mass is 319 g/mol. The molecule has 0 aliphatic heterocycles. The van der Waals surface area contributed by atoms with Crippen LogP contribution < -0.4 is 0 Å². The van der Waals surface area contributed by atoms with Crippen LogP contribution in [0.4, 0.5) is 5.69 Å². The predicted molar refractivity (Wildman–Crippen MR) is 79.1 cm³/mol. The van der Waals surface area contributed by atoms with E-state index in [1.54, 1.807) is 6.07 Å². The molecule has 0 heterocycles. The van der Waals surface area contributed by atoms with Crippen LogP contribution in [-0.4, -0.2) is 64.5 Å². The Bertz CT molecular complexity index is 652. The number of nitro groups is 1. The fourth-order valence-corrected chi connectivity index (χ4v) is 1.58. The molecule has 1 amide bonds. The van der Waals surface area contributed by atoms with Gasteiger partial charge in [-0.25, -0.2) is 0 Å². The fraction of sp³-hybridized carbons (Fsp3) is 0.167. The predicted octanol–water partition coefficient (Wildman–Crippen LogP) is 1.48. The molecule has 0 fully saturated rings. The maximum atomic E-state index is 11.7. The minimum absolute atomic E-state index is 0. The summed E-state index contributed by atoms with van der Waals surface area (Å²) in [5.74, 6) is -1.51. The summed E-state index contributed by atoms with van der Waals surface area (Å²) in [5, 5.41) is 30.0. The van der Waals surface area contributed by atoms with Crippen molar-refractivity contribution < 1.29 is 14.8 Å². The quantitative estimate of drug-likeness (QED) is 0.227. The number of rotatable bonds is 3. The first-order chi connectivity index (χ1) is 9.29. The van der Waals surface area contributed by atoms with Gasteiger partial charge in [-0.3, -0.25) is 14.9 Å². The van der Waals surface area contributed by atoms with E-state index in [9.17, 15) is 20.0 Å². The van der Waals surface area contributed by atoms with Crippen LogP contribution in [0.1, 0.15) is 5.56 Å². The average Bonchev–Trinajstić information content (AvgIpc) is 2.38. The van der Waals surface area contributed by atoms with Crippen LogP contribution in [0.25, 0.3) is 5.76 Å². The minimum atomic E-state index is -0.757. The molecule has 0 atom stereocenters. The third kappa shape index (κ3) is 4.44. The summed E-state index contributed by atoms with van der Waals surface area (Å²) in [5.41, 5.74) is -1.32. The van der Waals surface area contributed by atoms with E-state index >= 15 is 0 Å². The Hall–Kier alpha value is -1.59. The number of nitriles is 1. The second-order valence-corrected chi connectivity index (χ2v) is 4.39. The average molecular weight is 320 g/mol. The SMILES string of the molecule is CN(C)C(=O)C(C#N)=C(O)c1ccc(Cl)cc1[N+](=O)[O-].[NaH]. The van der Waals surface area contributed by atoms with Crippen molar-refractivity contribution in [2.24, 2.45) is 0 Å². The molecule has 0 saturated carbocycles. The van der Waals surface area contributed by atoms with E-state index in [2.05, 4.69) is 0 Å². The van der Waals surface area contributed by atoms with Crippen molar-refractivity contribution in [3.63, 3.8) is 0 Å². The second-order valence-electron chi connectivity index (χ2n) is 3.95. The number of aliphatic hydroxyl groups excluding tert-OH is 1. The van der Waals surface area contributed by atoms with E-state index in [-0.39, 0.29) is 40.1 Å². The Morgan fingerprint density at radius 3 is 2.48 bits per heavy atom. The molecule has 1 N–H and O–H groups in total. The molecule has 0 radical (unpaired) electrons. The molecule has 0 spiro atoms. The van der Waals surface area contributed by atoms with Crippen LogP contribution >= 0.6 is 11.6 Å². The van der Waals surface area contributed by atoms with Crippen LogP contribution in [-0.2, 0) is 4.79 Å². The zero-order valence-corrected chi connectivity index (χ0v) is 11.4. The maximum absolute atomic E-state index is 11.7. The van der Waals surface area contributed by atoms with E-state index in [1.165, 1.54) is 26.2 Å². The summed E-state index contributed by atoms with van der Waals surface area (Å²) in [6.45, 7) is 0. The van der Waals surface area contributed by atoms with Gasteiger partial charge in [-0.2, -0.15) is 5.26 Å². The molecule has 9 heteroatoms. The second kappa shape index (κ2) is 8.00. The number of carbonyl (C=O) groups excluding carboxylic acids is 1. The number of aliphatic hydroxyl groups is 1. The number of carbonyl (C=O) groups is 1. The van der Waals surface area contributed by atoms with E-state index < -0.39 is 27.9 Å². The zero-order valence-electron chi connectivity index (χ0n) is 10.6. The molecule has 21 heavy (non-hydrogen) atoms. The van der Waals surface area contributed by atoms with E-state index in [0.717, 1.165) is 11.0 Å². The van der Waals surface area contributed by atoms with Gasteiger partial charge in [0.25, 0.3) is 11.6 Å². The standard InChI is InChI=1S/C12H10ClN3O4.Na.H/c1-15(2)12(18)9(6-14)11(17)8-4-3-7(13)5-10(8)16(19)20;;/h3-5,17H,1-2H3;;. The molecule has 0 aromatic heterocycles. The molecule has 0 aliphatic rings. The van der Waals surface area contributed by atoms with Gasteiger partial charge >= 0.3 is 29.6 Å². The molecule has 1 aromatic carbocycles. The van der Waals surface area contributed by atoms with Crippen molar-refractivity contribution in [3.8, 4) is 6.07 Å². The van der Waals surface area contributed by atoms with Gasteiger partial charge in [0.05, 0.1) is 10.5 Å². The van der Waals surface area contributed by atoms with Gasteiger partial charge in [-0.1, -0.05) is 11.6 Å². The van der Waals surface area contributed by atoms with Crippen LogP contribution in [0.2, 0.25) is 5.02 Å². The topological polar surface area (TPSA) is 107 Å². The molecule has 7 nitrogen and oxygen atoms in total. The van der Waals surface area contributed by atoms with Crippen molar-refractivity contribution in [3.05, 3.63) is 44.5 Å². The molecule has 0 aliphatic carbocycles. The number of halogens is 1. The molecule has 1 aromatic rings. The van der Waals surface area contributed by atoms with Crippen molar-refractivity contribution in [2.75, 3.05) is 14.1 Å². The Labute approximate surface area is 147 Å². The fourth-order valence-electron chi connectivity index (χ4n) is 1.42. The Morgan fingerprint density at radius 1 is 1.48 bits per heavy atom. The van der Waals surface area contributed by atoms with Gasteiger partial charge in [-0.05, 0) is 12.1 Å². The Kier molecular flexibility index (Phi) is 7.39. The third-order valence-electron chi connectivity index (χ3n) is 2.38. The molecular formula is C12H11ClN3NaO4. The molecule has 0 bridgehead atoms. The number of hydrogen-bond donors (Lipinski definition) is 1. The van der Waals surface area contributed by atoms with Crippen LogP contribution in [0.5, 0.6) is 0 Å². The summed E-state index contributed by atoms with van der Waals surface area (Å²) in [6, 6.07) is 5.07. The van der Waals surface area contributed by atoms with Gasteiger partial charge in [0.2, 0.25) is 0 Å². The van der Waals surface area contributed by atoms with Gasteiger partial charge in [0, 0.05) is 25.2 Å². The van der Waals surface area contributed by atoms with Gasteiger partial charge in [0.15, 0.2) is 11.3 Å². The van der Waals surface area contributed by atoms with Crippen molar-refractivity contribution in [1.29, 1.82) is 5.26 Å². The first-order valence-electron chi connectivity index (χ1n) is 5.29. The van der Waals surface area contributed by atoms with Crippen LogP contribution in [0, 0.1) is 21.4 Å². The number of hydrogen-bond acceptors (Lipinski definition) is 5. The van der Waals surface area contributed by atoms with E-state index in [1.807, 2.05) is 0 Å². The van der Waals surface area contributed by atoms with Crippen molar-refractivity contribution in [1.82, 2.24) is 4.90 Å². The summed E-state index contributed by atoms with van der Waals surface area (Å²) >= 11 is 5.65. The molecule has 106 valence electrons. The normalized spacial score (nSPS) is 10.8. The number of nitro benzene ring substituents is 1. The first kappa shape index (κ1) is 19.4. The summed E-state index contributed by atoms with van der Waals surface area (Å²) in [4.78, 5) is 23.0. The van der Waals surface area contributed by atoms with Crippen LogP contribution in [0.3, 0.4) is 0 Å². The number of benzene rings is 1. The third-order valence-corrected chi connectivity index (χ3v) is 2.62. The van der Waals surface area contributed by atoms with E-state index in [4.69, 9.17) is 16.9 Å². The van der Waals surface area contributed by atoms with Crippen LogP contribution in [0.15, 0.2) is 23.8 Å². The Balaban J connectivity index is 0.00000400. The number of amides is 1. The summed E-state index contributed by atoms with van der Waals surface area (Å²) < 4.78 is 0. The number of nitrogens with zero attached hydrogens (tertiary/aromatic N) is 3. The zero-order chi connectivity index (χ0) is 15.4. The van der Waals surface area contributed by atoms with Crippen molar-refractivity contribution >= 4 is 58.5 Å². The van der Waals surface area contributed by atoms with Crippen molar-refractivity contribution in [2.45, 2.75) is 0 Å². The molecule has 1 rings (SSSR count).